The predicted molar refractivity (Wildman–Crippen MR) is 103 cm³/mol. The Balaban J connectivity index is 1.66. The molecule has 0 aliphatic heterocycles. The summed E-state index contributed by atoms with van der Waals surface area (Å²) in [5.74, 6) is 0.158. The summed E-state index contributed by atoms with van der Waals surface area (Å²) < 4.78 is 11.0. The second-order valence-corrected chi connectivity index (χ2v) is 5.96. The number of rotatable bonds is 7. The van der Waals surface area contributed by atoms with Gasteiger partial charge in [-0.05, 0) is 36.2 Å². The molecule has 0 heterocycles. The highest BCUT2D eigenvalue weighted by Crippen LogP contribution is 2.25. The van der Waals surface area contributed by atoms with Gasteiger partial charge in [-0.25, -0.2) is 4.79 Å². The number of hydrogen-bond donors (Lipinski definition) is 0. The zero-order chi connectivity index (χ0) is 19.1. The van der Waals surface area contributed by atoms with E-state index in [0.717, 1.165) is 12.0 Å². The lowest BCUT2D eigenvalue weighted by molar-refractivity contribution is 0.0472. The molecule has 0 aliphatic carbocycles. The van der Waals surface area contributed by atoms with Crippen molar-refractivity contribution in [2.75, 3.05) is 6.61 Å². The molecule has 4 heteroatoms. The van der Waals surface area contributed by atoms with Crippen LogP contribution in [0.1, 0.15) is 33.2 Å². The van der Waals surface area contributed by atoms with E-state index >= 15 is 0 Å². The number of carbonyl (C=O) groups is 2. The summed E-state index contributed by atoms with van der Waals surface area (Å²) in [4.78, 5) is 24.7. The average Bonchev–Trinajstić information content (AvgIpc) is 2.73. The molecule has 0 atom stereocenters. The highest BCUT2D eigenvalue weighted by molar-refractivity contribution is 6.00. The Morgan fingerprint density at radius 3 is 2.19 bits per heavy atom. The molecule has 27 heavy (non-hydrogen) atoms. The second-order valence-electron chi connectivity index (χ2n) is 5.96. The van der Waals surface area contributed by atoms with Gasteiger partial charge in [0.25, 0.3) is 0 Å². The average molecular weight is 360 g/mol. The number of aryl methyl sites for hydroxylation is 1. The maximum atomic E-state index is 12.4. The van der Waals surface area contributed by atoms with E-state index in [1.165, 1.54) is 0 Å². The summed E-state index contributed by atoms with van der Waals surface area (Å²) in [6.45, 7) is 1.73. The number of Topliss-reactive ketones (excluding diaryl/α,β-unsaturated/α-hetero) is 1. The van der Waals surface area contributed by atoms with Gasteiger partial charge in [0.15, 0.2) is 12.4 Å². The largest absolute Gasteiger partial charge is 0.456 e. The van der Waals surface area contributed by atoms with Gasteiger partial charge in [0, 0.05) is 5.56 Å². The number of hydrogen-bond acceptors (Lipinski definition) is 4. The Bertz CT molecular complexity index is 915. The van der Waals surface area contributed by atoms with Crippen LogP contribution in [0.2, 0.25) is 0 Å². The summed E-state index contributed by atoms with van der Waals surface area (Å²) in [5.41, 5.74) is 1.94. The maximum Gasteiger partial charge on any atom is 0.342 e. The first-order valence-electron chi connectivity index (χ1n) is 8.78. The van der Waals surface area contributed by atoms with Crippen LogP contribution in [0.5, 0.6) is 11.5 Å². The molecular formula is C23H20O4. The van der Waals surface area contributed by atoms with Crippen molar-refractivity contribution in [1.29, 1.82) is 0 Å². The summed E-state index contributed by atoms with van der Waals surface area (Å²) >= 11 is 0. The normalized spacial score (nSPS) is 10.3. The topological polar surface area (TPSA) is 52.6 Å². The van der Waals surface area contributed by atoms with Gasteiger partial charge in [0.05, 0.1) is 0 Å². The van der Waals surface area contributed by atoms with Crippen molar-refractivity contribution in [1.82, 2.24) is 0 Å². The van der Waals surface area contributed by atoms with Crippen LogP contribution in [0.25, 0.3) is 0 Å². The molecular weight excluding hydrogens is 340 g/mol. The minimum Gasteiger partial charge on any atom is -0.456 e. The Labute approximate surface area is 158 Å². The van der Waals surface area contributed by atoms with Gasteiger partial charge in [-0.3, -0.25) is 4.79 Å². The number of ether oxygens (including phenoxy) is 2. The van der Waals surface area contributed by atoms with E-state index in [9.17, 15) is 9.59 Å². The SMILES string of the molecule is CCc1ccc(C(=O)COC(=O)c2ccccc2Oc2ccccc2)cc1. The lowest BCUT2D eigenvalue weighted by Gasteiger charge is -2.11. The smallest absolute Gasteiger partial charge is 0.342 e. The van der Waals surface area contributed by atoms with Gasteiger partial charge >= 0.3 is 5.97 Å². The fraction of sp³-hybridized carbons (Fsp3) is 0.130. The number of para-hydroxylation sites is 2. The van der Waals surface area contributed by atoms with Crippen molar-refractivity contribution in [3.8, 4) is 11.5 Å². The van der Waals surface area contributed by atoms with E-state index in [1.54, 1.807) is 48.5 Å². The van der Waals surface area contributed by atoms with E-state index in [1.807, 2.05) is 37.3 Å². The third-order valence-electron chi connectivity index (χ3n) is 4.10. The van der Waals surface area contributed by atoms with Gasteiger partial charge < -0.3 is 9.47 Å². The lowest BCUT2D eigenvalue weighted by Crippen LogP contribution is -2.15. The molecule has 4 nitrogen and oxygen atoms in total. The molecule has 136 valence electrons. The Kier molecular flexibility index (Phi) is 6.00. The van der Waals surface area contributed by atoms with E-state index in [0.29, 0.717) is 17.1 Å². The molecule has 0 aromatic heterocycles. The summed E-state index contributed by atoms with van der Waals surface area (Å²) in [6, 6.07) is 23.3. The molecule has 0 saturated carbocycles. The molecule has 0 N–H and O–H groups in total. The van der Waals surface area contributed by atoms with Gasteiger partial charge in [-0.15, -0.1) is 0 Å². The quantitative estimate of drug-likeness (QED) is 0.435. The number of esters is 1. The van der Waals surface area contributed by atoms with Crippen LogP contribution in [-0.4, -0.2) is 18.4 Å². The molecule has 0 radical (unpaired) electrons. The van der Waals surface area contributed by atoms with Crippen LogP contribution < -0.4 is 4.74 Å². The van der Waals surface area contributed by atoms with Crippen molar-refractivity contribution in [2.45, 2.75) is 13.3 Å². The van der Waals surface area contributed by atoms with Gasteiger partial charge in [0.2, 0.25) is 0 Å². The molecule has 0 aliphatic rings. The standard InChI is InChI=1S/C23H20O4/c1-2-17-12-14-18(15-13-17)21(24)16-26-23(25)20-10-6-7-11-22(20)27-19-8-4-3-5-9-19/h3-15H,2,16H2,1H3. The highest BCUT2D eigenvalue weighted by Gasteiger charge is 2.16. The monoisotopic (exact) mass is 360 g/mol. The highest BCUT2D eigenvalue weighted by atomic mass is 16.5. The minimum absolute atomic E-state index is 0.243. The van der Waals surface area contributed by atoms with Crippen LogP contribution >= 0.6 is 0 Å². The molecule has 0 spiro atoms. The van der Waals surface area contributed by atoms with Crippen LogP contribution in [-0.2, 0) is 11.2 Å². The van der Waals surface area contributed by atoms with Gasteiger partial charge in [-0.2, -0.15) is 0 Å². The van der Waals surface area contributed by atoms with Gasteiger partial charge in [0.1, 0.15) is 17.1 Å². The lowest BCUT2D eigenvalue weighted by atomic mass is 10.1. The zero-order valence-electron chi connectivity index (χ0n) is 15.1. The maximum absolute atomic E-state index is 12.4. The first-order chi connectivity index (χ1) is 13.2. The third kappa shape index (κ3) is 4.82. The molecule has 0 bridgehead atoms. The Hall–Kier alpha value is -3.40. The van der Waals surface area contributed by atoms with Crippen LogP contribution in [0.4, 0.5) is 0 Å². The summed E-state index contributed by atoms with van der Waals surface area (Å²) in [5, 5.41) is 0. The van der Waals surface area contributed by atoms with Crippen molar-refractivity contribution < 1.29 is 19.1 Å². The molecule has 0 saturated heterocycles. The van der Waals surface area contributed by atoms with Crippen LogP contribution in [0.15, 0.2) is 78.9 Å². The number of carbonyl (C=O) groups excluding carboxylic acids is 2. The minimum atomic E-state index is -0.597. The first kappa shape index (κ1) is 18.4. The fourth-order valence-corrected chi connectivity index (χ4v) is 2.56. The molecule has 0 fully saturated rings. The number of ketones is 1. The van der Waals surface area contributed by atoms with Crippen LogP contribution in [0, 0.1) is 0 Å². The molecule has 0 unspecified atom stereocenters. The summed E-state index contributed by atoms with van der Waals surface area (Å²) in [6.07, 6.45) is 0.904. The first-order valence-corrected chi connectivity index (χ1v) is 8.78. The summed E-state index contributed by atoms with van der Waals surface area (Å²) in [7, 11) is 0. The predicted octanol–water partition coefficient (Wildman–Crippen LogP) is 5.08. The van der Waals surface area contributed by atoms with Crippen molar-refractivity contribution in [3.63, 3.8) is 0 Å². The van der Waals surface area contributed by atoms with E-state index in [-0.39, 0.29) is 18.0 Å². The molecule has 3 aromatic rings. The fourth-order valence-electron chi connectivity index (χ4n) is 2.56. The van der Waals surface area contributed by atoms with Crippen molar-refractivity contribution >= 4 is 11.8 Å². The molecule has 3 aromatic carbocycles. The Morgan fingerprint density at radius 2 is 1.48 bits per heavy atom. The van der Waals surface area contributed by atoms with E-state index in [2.05, 4.69) is 0 Å². The van der Waals surface area contributed by atoms with Crippen LogP contribution in [0.3, 0.4) is 0 Å². The molecule has 3 rings (SSSR count). The van der Waals surface area contributed by atoms with Crippen molar-refractivity contribution in [3.05, 3.63) is 95.6 Å². The zero-order valence-corrected chi connectivity index (χ0v) is 15.1. The molecule has 0 amide bonds. The van der Waals surface area contributed by atoms with Gasteiger partial charge in [-0.1, -0.05) is 61.5 Å². The third-order valence-corrected chi connectivity index (χ3v) is 4.10. The second kappa shape index (κ2) is 8.81. The van der Waals surface area contributed by atoms with Crippen molar-refractivity contribution in [2.24, 2.45) is 0 Å². The van der Waals surface area contributed by atoms with E-state index < -0.39 is 5.97 Å². The van der Waals surface area contributed by atoms with E-state index in [4.69, 9.17) is 9.47 Å². The Morgan fingerprint density at radius 1 is 0.815 bits per heavy atom. The number of benzene rings is 3.